The highest BCUT2D eigenvalue weighted by Crippen LogP contribution is 2.23. The average molecular weight is 205 g/mol. The van der Waals surface area contributed by atoms with E-state index in [2.05, 4.69) is 17.4 Å². The number of hydrogen-bond donors (Lipinski definition) is 1. The van der Waals surface area contributed by atoms with Crippen molar-refractivity contribution >= 4 is 5.69 Å². The van der Waals surface area contributed by atoms with Crippen LogP contribution in [-0.4, -0.2) is 12.6 Å². The number of hydrogen-bond acceptors (Lipinski definition) is 2. The molecule has 1 saturated carbocycles. The van der Waals surface area contributed by atoms with Crippen LogP contribution in [0.2, 0.25) is 0 Å². The Kier molecular flexibility index (Phi) is 3.49. The molecular formula is C13H19NO. The van der Waals surface area contributed by atoms with E-state index in [1.165, 1.54) is 31.4 Å². The van der Waals surface area contributed by atoms with Crippen molar-refractivity contribution in [2.75, 3.05) is 11.9 Å². The Morgan fingerprint density at radius 3 is 2.47 bits per heavy atom. The molecule has 0 radical (unpaired) electrons. The first-order chi connectivity index (χ1) is 7.38. The Hall–Kier alpha value is -1.18. The van der Waals surface area contributed by atoms with Crippen molar-refractivity contribution in [2.45, 2.75) is 38.6 Å². The summed E-state index contributed by atoms with van der Waals surface area (Å²) in [6, 6.07) is 8.94. The number of rotatable bonds is 4. The van der Waals surface area contributed by atoms with Gasteiger partial charge in [0.15, 0.2) is 0 Å². The molecule has 1 aromatic rings. The molecule has 15 heavy (non-hydrogen) atoms. The molecule has 1 aromatic carbocycles. The lowest BCUT2D eigenvalue weighted by Gasteiger charge is -2.13. The summed E-state index contributed by atoms with van der Waals surface area (Å²) in [6.07, 6.45) is 5.36. The van der Waals surface area contributed by atoms with E-state index < -0.39 is 0 Å². The monoisotopic (exact) mass is 205 g/mol. The third-order valence-electron chi connectivity index (χ3n) is 2.89. The summed E-state index contributed by atoms with van der Waals surface area (Å²) in [4.78, 5) is 0. The average Bonchev–Trinajstić information content (AvgIpc) is 2.74. The predicted octanol–water partition coefficient (Wildman–Crippen LogP) is 3.44. The lowest BCUT2D eigenvalue weighted by molar-refractivity contribution is 0.340. The van der Waals surface area contributed by atoms with Gasteiger partial charge in [-0.1, -0.05) is 12.8 Å². The van der Waals surface area contributed by atoms with Crippen molar-refractivity contribution in [1.29, 1.82) is 0 Å². The zero-order chi connectivity index (χ0) is 10.5. The predicted molar refractivity (Wildman–Crippen MR) is 63.5 cm³/mol. The van der Waals surface area contributed by atoms with Gasteiger partial charge < -0.3 is 10.1 Å². The van der Waals surface area contributed by atoms with E-state index >= 15 is 0 Å². The Morgan fingerprint density at radius 1 is 1.20 bits per heavy atom. The van der Waals surface area contributed by atoms with Crippen LogP contribution >= 0.6 is 0 Å². The molecular weight excluding hydrogens is 186 g/mol. The van der Waals surface area contributed by atoms with Crippen LogP contribution in [0.5, 0.6) is 5.75 Å². The van der Waals surface area contributed by atoms with Crippen LogP contribution in [0.4, 0.5) is 5.69 Å². The van der Waals surface area contributed by atoms with Crippen molar-refractivity contribution in [1.82, 2.24) is 0 Å². The highest BCUT2D eigenvalue weighted by Gasteiger charge is 2.13. The normalized spacial score (nSPS) is 16.6. The fraction of sp³-hybridized carbons (Fsp3) is 0.538. The Morgan fingerprint density at radius 2 is 1.87 bits per heavy atom. The van der Waals surface area contributed by atoms with Crippen LogP contribution in [0, 0.1) is 0 Å². The molecule has 0 spiro atoms. The van der Waals surface area contributed by atoms with Crippen LogP contribution in [0.1, 0.15) is 32.6 Å². The minimum absolute atomic E-state index is 0.683. The first kappa shape index (κ1) is 10.3. The molecule has 1 aliphatic rings. The molecule has 2 heteroatoms. The van der Waals surface area contributed by atoms with Gasteiger partial charge in [-0.3, -0.25) is 0 Å². The van der Waals surface area contributed by atoms with Crippen molar-refractivity contribution in [2.24, 2.45) is 0 Å². The largest absolute Gasteiger partial charge is 0.494 e. The molecule has 0 unspecified atom stereocenters. The fourth-order valence-corrected chi connectivity index (χ4v) is 2.12. The Labute approximate surface area is 91.6 Å². The molecule has 1 N–H and O–H groups in total. The van der Waals surface area contributed by atoms with Gasteiger partial charge in [0.1, 0.15) is 5.75 Å². The third-order valence-corrected chi connectivity index (χ3v) is 2.89. The van der Waals surface area contributed by atoms with E-state index in [-0.39, 0.29) is 0 Å². The zero-order valence-electron chi connectivity index (χ0n) is 9.33. The van der Waals surface area contributed by atoms with Gasteiger partial charge in [-0.2, -0.15) is 0 Å². The van der Waals surface area contributed by atoms with Gasteiger partial charge in [0.05, 0.1) is 6.61 Å². The van der Waals surface area contributed by atoms with Gasteiger partial charge in [0, 0.05) is 11.7 Å². The highest BCUT2D eigenvalue weighted by molar-refractivity contribution is 5.47. The minimum atomic E-state index is 0.683. The molecule has 2 rings (SSSR count). The van der Waals surface area contributed by atoms with E-state index in [0.29, 0.717) is 6.04 Å². The van der Waals surface area contributed by atoms with Gasteiger partial charge in [-0.25, -0.2) is 0 Å². The molecule has 0 bridgehead atoms. The van der Waals surface area contributed by atoms with Crippen LogP contribution in [0.3, 0.4) is 0 Å². The van der Waals surface area contributed by atoms with Crippen molar-refractivity contribution in [3.63, 3.8) is 0 Å². The number of nitrogens with one attached hydrogen (secondary N) is 1. The standard InChI is InChI=1S/C13H19NO/c1-2-15-13-9-7-12(8-10-13)14-11-5-3-4-6-11/h7-11,14H,2-6H2,1H3. The number of benzene rings is 1. The summed E-state index contributed by atoms with van der Waals surface area (Å²) in [6.45, 7) is 2.74. The molecule has 1 fully saturated rings. The summed E-state index contributed by atoms with van der Waals surface area (Å²) in [5.74, 6) is 0.953. The van der Waals surface area contributed by atoms with Crippen LogP contribution in [0.25, 0.3) is 0 Å². The SMILES string of the molecule is CCOc1ccc(NC2CCCC2)cc1. The zero-order valence-corrected chi connectivity index (χ0v) is 9.33. The summed E-state index contributed by atoms with van der Waals surface area (Å²) in [7, 11) is 0. The number of ether oxygens (including phenoxy) is 1. The topological polar surface area (TPSA) is 21.3 Å². The maximum absolute atomic E-state index is 5.40. The van der Waals surface area contributed by atoms with Crippen LogP contribution in [0.15, 0.2) is 24.3 Å². The lowest BCUT2D eigenvalue weighted by atomic mass is 10.2. The molecule has 0 saturated heterocycles. The second-order valence-corrected chi connectivity index (χ2v) is 4.08. The van der Waals surface area contributed by atoms with E-state index in [9.17, 15) is 0 Å². The molecule has 2 nitrogen and oxygen atoms in total. The van der Waals surface area contributed by atoms with E-state index in [1.807, 2.05) is 19.1 Å². The van der Waals surface area contributed by atoms with Crippen molar-refractivity contribution in [3.05, 3.63) is 24.3 Å². The van der Waals surface area contributed by atoms with Gasteiger partial charge in [0.2, 0.25) is 0 Å². The maximum Gasteiger partial charge on any atom is 0.119 e. The van der Waals surface area contributed by atoms with Gasteiger partial charge in [-0.15, -0.1) is 0 Å². The molecule has 1 aliphatic carbocycles. The first-order valence-corrected chi connectivity index (χ1v) is 5.88. The molecule has 0 amide bonds. The Balaban J connectivity index is 1.91. The van der Waals surface area contributed by atoms with E-state index in [4.69, 9.17) is 4.74 Å². The first-order valence-electron chi connectivity index (χ1n) is 5.88. The summed E-state index contributed by atoms with van der Waals surface area (Å²) >= 11 is 0. The maximum atomic E-state index is 5.40. The molecule has 0 atom stereocenters. The smallest absolute Gasteiger partial charge is 0.119 e. The molecule has 82 valence electrons. The highest BCUT2D eigenvalue weighted by atomic mass is 16.5. The van der Waals surface area contributed by atoms with E-state index in [0.717, 1.165) is 12.4 Å². The second kappa shape index (κ2) is 5.06. The van der Waals surface area contributed by atoms with Crippen molar-refractivity contribution < 1.29 is 4.74 Å². The summed E-state index contributed by atoms with van der Waals surface area (Å²) in [5, 5.41) is 3.55. The third kappa shape index (κ3) is 2.88. The molecule has 0 aromatic heterocycles. The summed E-state index contributed by atoms with van der Waals surface area (Å²) in [5.41, 5.74) is 1.21. The van der Waals surface area contributed by atoms with Gasteiger partial charge >= 0.3 is 0 Å². The van der Waals surface area contributed by atoms with Crippen molar-refractivity contribution in [3.8, 4) is 5.75 Å². The second-order valence-electron chi connectivity index (χ2n) is 4.08. The van der Waals surface area contributed by atoms with Gasteiger partial charge in [-0.05, 0) is 44.0 Å². The quantitative estimate of drug-likeness (QED) is 0.813. The van der Waals surface area contributed by atoms with Gasteiger partial charge in [0.25, 0.3) is 0 Å². The van der Waals surface area contributed by atoms with Crippen LogP contribution < -0.4 is 10.1 Å². The minimum Gasteiger partial charge on any atom is -0.494 e. The fourth-order valence-electron chi connectivity index (χ4n) is 2.12. The molecule has 0 heterocycles. The number of anilines is 1. The summed E-state index contributed by atoms with van der Waals surface area (Å²) < 4.78 is 5.40. The van der Waals surface area contributed by atoms with E-state index in [1.54, 1.807) is 0 Å². The lowest BCUT2D eigenvalue weighted by Crippen LogP contribution is -2.14. The molecule has 0 aliphatic heterocycles. The van der Waals surface area contributed by atoms with Crippen LogP contribution in [-0.2, 0) is 0 Å². The Bertz CT molecular complexity index is 288.